The first kappa shape index (κ1) is 19.9. The maximum absolute atomic E-state index is 12.7. The summed E-state index contributed by atoms with van der Waals surface area (Å²) in [7, 11) is 1.61. The van der Waals surface area contributed by atoms with Crippen LogP contribution in [-0.2, 0) is 11.6 Å². The number of benzene rings is 2. The van der Waals surface area contributed by atoms with Gasteiger partial charge in [-0.3, -0.25) is 4.79 Å². The molecule has 1 aromatic heterocycles. The zero-order chi connectivity index (χ0) is 21.4. The van der Waals surface area contributed by atoms with Gasteiger partial charge >= 0.3 is 12.1 Å². The molecule has 1 heterocycles. The fourth-order valence-electron chi connectivity index (χ4n) is 3.38. The highest BCUT2D eigenvalue weighted by Gasteiger charge is 2.46. The Morgan fingerprint density at radius 3 is 2.63 bits per heavy atom. The number of aromatic nitrogens is 2. The van der Waals surface area contributed by atoms with Crippen LogP contribution < -0.4 is 10.1 Å². The largest absolute Gasteiger partial charge is 0.496 e. The van der Waals surface area contributed by atoms with Crippen LogP contribution in [0.25, 0.3) is 11.4 Å². The third-order valence-corrected chi connectivity index (χ3v) is 5.17. The van der Waals surface area contributed by atoms with E-state index in [0.717, 1.165) is 24.2 Å². The minimum absolute atomic E-state index is 0.171. The molecule has 1 aliphatic carbocycles. The molecule has 1 aliphatic rings. The lowest BCUT2D eigenvalue weighted by Crippen LogP contribution is -2.32. The number of nitrogens with zero attached hydrogens (tertiary/aromatic N) is 2. The third kappa shape index (κ3) is 3.87. The van der Waals surface area contributed by atoms with Crippen molar-refractivity contribution in [3.05, 3.63) is 65.5 Å². The number of alkyl halides is 3. The topological polar surface area (TPSA) is 77.2 Å². The molecule has 9 heteroatoms. The molecule has 0 radical (unpaired) electrons. The number of rotatable bonds is 6. The van der Waals surface area contributed by atoms with Gasteiger partial charge in [-0.1, -0.05) is 35.5 Å². The van der Waals surface area contributed by atoms with Gasteiger partial charge in [0, 0.05) is 28.7 Å². The summed E-state index contributed by atoms with van der Waals surface area (Å²) in [5.41, 5.74) is 1.43. The van der Waals surface area contributed by atoms with Crippen LogP contribution in [0.2, 0.25) is 0 Å². The Kier molecular flexibility index (Phi) is 4.97. The van der Waals surface area contributed by atoms with Crippen molar-refractivity contribution >= 4 is 5.91 Å². The first-order valence-electron chi connectivity index (χ1n) is 9.25. The quantitative estimate of drug-likeness (QED) is 0.650. The summed E-state index contributed by atoms with van der Waals surface area (Å²) in [5.74, 6) is -1.22. The van der Waals surface area contributed by atoms with Crippen LogP contribution >= 0.6 is 0 Å². The lowest BCUT2D eigenvalue weighted by atomic mass is 9.94. The van der Waals surface area contributed by atoms with E-state index < -0.39 is 12.1 Å². The van der Waals surface area contributed by atoms with E-state index in [2.05, 4.69) is 20.0 Å². The van der Waals surface area contributed by atoms with Crippen LogP contribution in [0, 0.1) is 0 Å². The molecule has 0 aliphatic heterocycles. The zero-order valence-electron chi connectivity index (χ0n) is 16.0. The number of amides is 1. The number of ether oxygens (including phenoxy) is 1. The second-order valence-corrected chi connectivity index (χ2v) is 7.16. The van der Waals surface area contributed by atoms with Crippen molar-refractivity contribution in [1.29, 1.82) is 0 Å². The Bertz CT molecular complexity index is 1070. The number of hydrogen-bond acceptors (Lipinski definition) is 5. The van der Waals surface area contributed by atoms with Crippen LogP contribution in [0.5, 0.6) is 5.75 Å². The van der Waals surface area contributed by atoms with E-state index >= 15 is 0 Å². The molecule has 0 saturated heterocycles. The van der Waals surface area contributed by atoms with E-state index in [1.54, 1.807) is 19.2 Å². The first-order valence-corrected chi connectivity index (χ1v) is 9.25. The highest BCUT2D eigenvalue weighted by atomic mass is 19.4. The van der Waals surface area contributed by atoms with Crippen LogP contribution in [0.4, 0.5) is 13.2 Å². The normalized spacial score (nSPS) is 14.9. The van der Waals surface area contributed by atoms with E-state index in [0.29, 0.717) is 12.1 Å². The number of carbonyl (C=O) groups excluding carboxylic acids is 1. The Labute approximate surface area is 170 Å². The molecule has 1 fully saturated rings. The Morgan fingerprint density at radius 1 is 1.20 bits per heavy atom. The number of carbonyl (C=O) groups is 1. The second-order valence-electron chi connectivity index (χ2n) is 7.16. The molecule has 0 atom stereocenters. The maximum atomic E-state index is 12.7. The van der Waals surface area contributed by atoms with Gasteiger partial charge in [0.15, 0.2) is 0 Å². The molecule has 3 aromatic rings. The number of halogens is 3. The lowest BCUT2D eigenvalue weighted by molar-refractivity contribution is -0.159. The molecule has 0 bridgehead atoms. The van der Waals surface area contributed by atoms with Crippen molar-refractivity contribution in [2.75, 3.05) is 13.7 Å². The number of methoxy groups -OCH3 is 1. The molecular weight excluding hydrogens is 399 g/mol. The molecule has 1 saturated carbocycles. The highest BCUT2D eigenvalue weighted by Crippen LogP contribution is 2.50. The first-order chi connectivity index (χ1) is 14.3. The van der Waals surface area contributed by atoms with Crippen molar-refractivity contribution < 1.29 is 27.2 Å². The smallest absolute Gasteiger partial charge is 0.471 e. The van der Waals surface area contributed by atoms with Gasteiger partial charge in [0.05, 0.1) is 7.11 Å². The Hall–Kier alpha value is -3.36. The highest BCUT2D eigenvalue weighted by molar-refractivity contribution is 5.95. The third-order valence-electron chi connectivity index (χ3n) is 5.17. The van der Waals surface area contributed by atoms with E-state index in [-0.39, 0.29) is 22.7 Å². The van der Waals surface area contributed by atoms with Gasteiger partial charge in [-0.25, -0.2) is 0 Å². The predicted octanol–water partition coefficient (Wildman–Crippen LogP) is 4.23. The van der Waals surface area contributed by atoms with Crippen LogP contribution in [0.3, 0.4) is 0 Å². The van der Waals surface area contributed by atoms with Gasteiger partial charge in [0.2, 0.25) is 5.82 Å². The monoisotopic (exact) mass is 417 g/mol. The molecule has 6 nitrogen and oxygen atoms in total. The standard InChI is InChI=1S/C21H18F3N3O3/c1-29-16-8-3-2-7-15(16)20(9-10-20)12-25-18(28)14-6-4-5-13(11-14)17-26-19(30-27-17)21(22,23)24/h2-8,11H,9-10,12H2,1H3,(H,25,28). The van der Waals surface area contributed by atoms with Crippen LogP contribution in [-0.4, -0.2) is 29.7 Å². The summed E-state index contributed by atoms with van der Waals surface area (Å²) < 4.78 is 47.7. The fraction of sp³-hybridized carbons (Fsp3) is 0.286. The Balaban J connectivity index is 1.48. The van der Waals surface area contributed by atoms with Crippen molar-refractivity contribution in [1.82, 2.24) is 15.5 Å². The Morgan fingerprint density at radius 2 is 1.97 bits per heavy atom. The number of nitrogens with one attached hydrogen (secondary N) is 1. The fourth-order valence-corrected chi connectivity index (χ4v) is 3.38. The molecule has 156 valence electrons. The van der Waals surface area contributed by atoms with Gasteiger partial charge in [0.1, 0.15) is 5.75 Å². The summed E-state index contributed by atoms with van der Waals surface area (Å²) in [5, 5.41) is 6.28. The van der Waals surface area contributed by atoms with Gasteiger partial charge in [-0.05, 0) is 31.0 Å². The predicted molar refractivity (Wildman–Crippen MR) is 101 cm³/mol. The minimum Gasteiger partial charge on any atom is -0.496 e. The number of hydrogen-bond donors (Lipinski definition) is 1. The minimum atomic E-state index is -4.72. The molecule has 30 heavy (non-hydrogen) atoms. The summed E-state index contributed by atoms with van der Waals surface area (Å²) in [6, 6.07) is 13.8. The number of para-hydroxylation sites is 1. The van der Waals surface area contributed by atoms with Crippen LogP contribution in [0.1, 0.15) is 34.7 Å². The molecule has 1 amide bonds. The van der Waals surface area contributed by atoms with Crippen molar-refractivity contribution in [2.45, 2.75) is 24.4 Å². The van der Waals surface area contributed by atoms with Gasteiger partial charge in [0.25, 0.3) is 5.91 Å². The SMILES string of the molecule is COc1ccccc1C1(CNC(=O)c2cccc(-c3noc(C(F)(F)F)n3)c2)CC1. The average molecular weight is 417 g/mol. The van der Waals surface area contributed by atoms with Crippen molar-refractivity contribution in [3.8, 4) is 17.1 Å². The molecule has 0 unspecified atom stereocenters. The van der Waals surface area contributed by atoms with E-state index in [4.69, 9.17) is 4.74 Å². The van der Waals surface area contributed by atoms with Crippen LogP contribution in [0.15, 0.2) is 53.1 Å². The molecule has 4 rings (SSSR count). The molecule has 2 aromatic carbocycles. The van der Waals surface area contributed by atoms with E-state index in [1.807, 2.05) is 24.3 Å². The summed E-state index contributed by atoms with van der Waals surface area (Å²) in [6.45, 7) is 0.427. The zero-order valence-corrected chi connectivity index (χ0v) is 16.0. The lowest BCUT2D eigenvalue weighted by Gasteiger charge is -2.19. The molecular formula is C21H18F3N3O3. The van der Waals surface area contributed by atoms with Gasteiger partial charge in [-0.2, -0.15) is 18.2 Å². The maximum Gasteiger partial charge on any atom is 0.471 e. The van der Waals surface area contributed by atoms with Gasteiger partial charge < -0.3 is 14.6 Å². The average Bonchev–Trinajstić information content (AvgIpc) is 3.36. The van der Waals surface area contributed by atoms with E-state index in [1.165, 1.54) is 12.1 Å². The van der Waals surface area contributed by atoms with Crippen molar-refractivity contribution in [2.24, 2.45) is 0 Å². The van der Waals surface area contributed by atoms with Gasteiger partial charge in [-0.15, -0.1) is 0 Å². The summed E-state index contributed by atoms with van der Waals surface area (Å²) >= 11 is 0. The van der Waals surface area contributed by atoms with Crippen molar-refractivity contribution in [3.63, 3.8) is 0 Å². The second kappa shape index (κ2) is 7.47. The summed E-state index contributed by atoms with van der Waals surface area (Å²) in [6.07, 6.45) is -2.87. The molecule has 1 N–H and O–H groups in total. The summed E-state index contributed by atoms with van der Waals surface area (Å²) in [4.78, 5) is 16.0. The molecule has 0 spiro atoms. The van der Waals surface area contributed by atoms with E-state index in [9.17, 15) is 18.0 Å².